The number of amides is 1. The molecule has 9 heteroatoms. The Morgan fingerprint density at radius 1 is 1.24 bits per heavy atom. The summed E-state index contributed by atoms with van der Waals surface area (Å²) in [5, 5.41) is 13.0. The van der Waals surface area contributed by atoms with E-state index in [2.05, 4.69) is 5.32 Å². The number of carbonyl (C=O) groups excluding carboxylic acids is 2. The molecule has 3 rings (SSSR count). The number of nitrogens with one attached hydrogen (secondary N) is 1. The third-order valence-corrected chi connectivity index (χ3v) is 9.64. The molecule has 33 heavy (non-hydrogen) atoms. The fourth-order valence-corrected chi connectivity index (χ4v) is 7.77. The monoisotopic (exact) mass is 494 g/mol. The number of esters is 1. The highest BCUT2D eigenvalue weighted by atomic mass is 32.2. The topological polar surface area (TPSA) is 95.9 Å². The Labute approximate surface area is 204 Å². The number of piperidine rings is 1. The van der Waals surface area contributed by atoms with Crippen LogP contribution in [0.15, 0.2) is 30.3 Å². The van der Waals surface area contributed by atoms with Crippen LogP contribution in [-0.4, -0.2) is 74.7 Å². The van der Waals surface area contributed by atoms with Crippen molar-refractivity contribution in [3.8, 4) is 0 Å². The van der Waals surface area contributed by atoms with Crippen molar-refractivity contribution in [1.29, 1.82) is 0 Å². The molecule has 0 aromatic heterocycles. The molecule has 2 saturated heterocycles. The minimum absolute atomic E-state index is 0.113. The van der Waals surface area contributed by atoms with Crippen LogP contribution in [-0.2, 0) is 25.5 Å². The lowest BCUT2D eigenvalue weighted by Gasteiger charge is -2.46. The molecule has 1 aromatic rings. The second-order valence-corrected chi connectivity index (χ2v) is 11.7. The molecule has 1 aromatic carbocycles. The molecular formula is C24H34N2O5S2. The number of likely N-dealkylation sites (tertiary alicyclic amines) is 1. The van der Waals surface area contributed by atoms with Crippen molar-refractivity contribution in [1.82, 2.24) is 10.2 Å². The molecular weight excluding hydrogens is 460 g/mol. The molecule has 2 unspecified atom stereocenters. The van der Waals surface area contributed by atoms with Crippen molar-refractivity contribution in [3.63, 3.8) is 0 Å². The fourth-order valence-electron chi connectivity index (χ4n) is 4.41. The number of carboxylic acids is 1. The van der Waals surface area contributed by atoms with Gasteiger partial charge < -0.3 is 14.7 Å². The van der Waals surface area contributed by atoms with Crippen molar-refractivity contribution in [2.75, 3.05) is 24.7 Å². The quantitative estimate of drug-likeness (QED) is 0.506. The van der Waals surface area contributed by atoms with Crippen LogP contribution in [0.5, 0.6) is 0 Å². The van der Waals surface area contributed by atoms with Crippen molar-refractivity contribution in [3.05, 3.63) is 35.9 Å². The summed E-state index contributed by atoms with van der Waals surface area (Å²) in [6, 6.07) is 7.65. The zero-order chi connectivity index (χ0) is 23.8. The van der Waals surface area contributed by atoms with E-state index in [4.69, 9.17) is 4.74 Å². The van der Waals surface area contributed by atoms with Gasteiger partial charge in [-0.1, -0.05) is 30.3 Å². The van der Waals surface area contributed by atoms with Gasteiger partial charge in [-0.25, -0.2) is 4.79 Å². The number of benzene rings is 1. The van der Waals surface area contributed by atoms with Crippen molar-refractivity contribution < 1.29 is 24.2 Å². The highest BCUT2D eigenvalue weighted by Gasteiger charge is 2.46. The lowest BCUT2D eigenvalue weighted by atomic mass is 9.99. The molecule has 0 aliphatic carbocycles. The van der Waals surface area contributed by atoms with Crippen molar-refractivity contribution >= 4 is 41.4 Å². The van der Waals surface area contributed by atoms with Gasteiger partial charge in [0.2, 0.25) is 5.91 Å². The first-order chi connectivity index (χ1) is 15.8. The lowest BCUT2D eigenvalue weighted by molar-refractivity contribution is -0.153. The number of hydrogen-bond donors (Lipinski definition) is 2. The minimum atomic E-state index is -0.965. The summed E-state index contributed by atoms with van der Waals surface area (Å²) >= 11 is 3.68. The number of aliphatic carboxylic acids is 1. The van der Waals surface area contributed by atoms with E-state index >= 15 is 0 Å². The Balaban J connectivity index is 1.66. The van der Waals surface area contributed by atoms with E-state index in [9.17, 15) is 19.5 Å². The zero-order valence-electron chi connectivity index (χ0n) is 19.3. The Kier molecular flexibility index (Phi) is 9.52. The van der Waals surface area contributed by atoms with Gasteiger partial charge in [0.05, 0.1) is 16.7 Å². The predicted molar refractivity (Wildman–Crippen MR) is 132 cm³/mol. The van der Waals surface area contributed by atoms with Crippen LogP contribution < -0.4 is 5.32 Å². The summed E-state index contributed by atoms with van der Waals surface area (Å²) in [4.78, 5) is 39.4. The highest BCUT2D eigenvalue weighted by molar-refractivity contribution is 8.18. The molecule has 0 saturated carbocycles. The molecule has 2 fully saturated rings. The first-order valence-electron chi connectivity index (χ1n) is 11.6. The Hall–Kier alpha value is -1.71. The molecule has 1 spiro atoms. The predicted octanol–water partition coefficient (Wildman–Crippen LogP) is 3.17. The summed E-state index contributed by atoms with van der Waals surface area (Å²) in [7, 11) is 0. The summed E-state index contributed by atoms with van der Waals surface area (Å²) in [5.41, 5.74) is 1.10. The van der Waals surface area contributed by atoms with Gasteiger partial charge in [0.1, 0.15) is 12.1 Å². The summed E-state index contributed by atoms with van der Waals surface area (Å²) in [6.45, 7) is 4.12. The number of rotatable bonds is 9. The normalized spacial score (nSPS) is 21.9. The van der Waals surface area contributed by atoms with Gasteiger partial charge in [-0.15, -0.1) is 23.5 Å². The van der Waals surface area contributed by atoms with Crippen LogP contribution in [0, 0.1) is 0 Å². The van der Waals surface area contributed by atoms with Crippen LogP contribution in [0.4, 0.5) is 0 Å². The molecule has 2 N–H and O–H groups in total. The van der Waals surface area contributed by atoms with Gasteiger partial charge in [0, 0.05) is 13.0 Å². The molecule has 2 aliphatic heterocycles. The molecule has 182 valence electrons. The second-order valence-electron chi connectivity index (χ2n) is 8.52. The van der Waals surface area contributed by atoms with Crippen molar-refractivity contribution in [2.45, 2.75) is 68.2 Å². The Bertz CT molecular complexity index is 816. The van der Waals surface area contributed by atoms with E-state index < -0.39 is 30.1 Å². The number of thioether (sulfide) groups is 2. The van der Waals surface area contributed by atoms with E-state index in [0.29, 0.717) is 25.8 Å². The maximum atomic E-state index is 13.3. The SMILES string of the molecule is CCOC(=O)C(CCc1ccccc1)N[C@@H](C)C(=O)N1CCC2(CC1C(=O)O)SCCCS2. The summed E-state index contributed by atoms with van der Waals surface area (Å²) in [5.74, 6) is 0.432. The number of nitrogens with zero attached hydrogens (tertiary/aromatic N) is 1. The van der Waals surface area contributed by atoms with Gasteiger partial charge >= 0.3 is 11.9 Å². The third-order valence-electron chi connectivity index (χ3n) is 6.16. The fraction of sp³-hybridized carbons (Fsp3) is 0.625. The lowest BCUT2D eigenvalue weighted by Crippen LogP contribution is -2.59. The Morgan fingerprint density at radius 2 is 1.94 bits per heavy atom. The number of carbonyl (C=O) groups is 3. The molecule has 1 amide bonds. The Morgan fingerprint density at radius 3 is 2.58 bits per heavy atom. The first-order valence-corrected chi connectivity index (χ1v) is 13.6. The smallest absolute Gasteiger partial charge is 0.326 e. The van der Waals surface area contributed by atoms with Gasteiger partial charge in [0.25, 0.3) is 0 Å². The number of aryl methyl sites for hydroxylation is 1. The number of carboxylic acid groups (broad SMARTS) is 1. The molecule has 3 atom stereocenters. The average molecular weight is 495 g/mol. The van der Waals surface area contributed by atoms with E-state index in [1.807, 2.05) is 53.9 Å². The molecule has 2 aliphatic rings. The van der Waals surface area contributed by atoms with Gasteiger partial charge in [-0.2, -0.15) is 0 Å². The van der Waals surface area contributed by atoms with Gasteiger partial charge in [-0.3, -0.25) is 14.9 Å². The van der Waals surface area contributed by atoms with E-state index in [0.717, 1.165) is 29.9 Å². The van der Waals surface area contributed by atoms with Crippen LogP contribution in [0.25, 0.3) is 0 Å². The van der Waals surface area contributed by atoms with Crippen LogP contribution in [0.3, 0.4) is 0 Å². The van der Waals surface area contributed by atoms with Crippen LogP contribution in [0.2, 0.25) is 0 Å². The van der Waals surface area contributed by atoms with E-state index in [1.165, 1.54) is 4.90 Å². The van der Waals surface area contributed by atoms with E-state index in [1.54, 1.807) is 13.8 Å². The molecule has 7 nitrogen and oxygen atoms in total. The van der Waals surface area contributed by atoms with Crippen molar-refractivity contribution in [2.24, 2.45) is 0 Å². The number of hydrogen-bond acceptors (Lipinski definition) is 7. The summed E-state index contributed by atoms with van der Waals surface area (Å²) in [6.07, 6.45) is 3.51. The van der Waals surface area contributed by atoms with Gasteiger partial charge in [-0.05, 0) is 56.6 Å². The largest absolute Gasteiger partial charge is 0.480 e. The van der Waals surface area contributed by atoms with Crippen LogP contribution >= 0.6 is 23.5 Å². The third kappa shape index (κ3) is 6.90. The average Bonchev–Trinajstić information content (AvgIpc) is 2.82. The second kappa shape index (κ2) is 12.1. The van der Waals surface area contributed by atoms with E-state index in [-0.39, 0.29) is 16.6 Å². The standard InChI is InChI=1S/C24H34N2O5S2/c1-3-31-23(30)19(11-10-18-8-5-4-6-9-18)25-17(2)21(27)26-13-12-24(16-20(26)22(28)29)32-14-7-15-33-24/h4-6,8-9,17,19-20,25H,3,7,10-16H2,1-2H3,(H,28,29)/t17-,19?,20?/m0/s1. The first kappa shape index (κ1) is 25.9. The maximum absolute atomic E-state index is 13.3. The van der Waals surface area contributed by atoms with Gasteiger partial charge in [0.15, 0.2) is 0 Å². The highest BCUT2D eigenvalue weighted by Crippen LogP contribution is 2.50. The molecule has 2 heterocycles. The maximum Gasteiger partial charge on any atom is 0.326 e. The number of ether oxygens (including phenoxy) is 1. The van der Waals surface area contributed by atoms with Crippen LogP contribution in [0.1, 0.15) is 45.1 Å². The summed E-state index contributed by atoms with van der Waals surface area (Å²) < 4.78 is 5.11. The zero-order valence-corrected chi connectivity index (χ0v) is 21.0. The molecule has 0 radical (unpaired) electrons. The molecule has 0 bridgehead atoms. The minimum Gasteiger partial charge on any atom is -0.480 e.